The van der Waals surface area contributed by atoms with Crippen LogP contribution in [0.4, 0.5) is 0 Å². The Hall–Kier alpha value is -0.770. The molecule has 8 heteroatoms. The van der Waals surface area contributed by atoms with Crippen molar-refractivity contribution in [2.75, 3.05) is 13.7 Å². The highest BCUT2D eigenvalue weighted by atomic mass is 16.7. The van der Waals surface area contributed by atoms with Gasteiger partial charge in [0.05, 0.1) is 6.61 Å². The van der Waals surface area contributed by atoms with Gasteiger partial charge in [-0.15, -0.1) is 0 Å². The summed E-state index contributed by atoms with van der Waals surface area (Å²) < 4.78 is 15.0. The van der Waals surface area contributed by atoms with Crippen LogP contribution in [0.15, 0.2) is 0 Å². The van der Waals surface area contributed by atoms with Gasteiger partial charge in [-0.3, -0.25) is 0 Å². The number of rotatable bonds is 5. The zero-order valence-electron chi connectivity index (χ0n) is 10.1. The minimum absolute atomic E-state index is 0.505. The minimum Gasteiger partial charge on any atom is -0.479 e. The molecule has 0 radical (unpaired) electrons. The Morgan fingerprint density at radius 3 is 2.44 bits per heavy atom. The van der Waals surface area contributed by atoms with Gasteiger partial charge in [0, 0.05) is 7.11 Å². The highest BCUT2D eigenvalue weighted by Gasteiger charge is 2.46. The fourth-order valence-electron chi connectivity index (χ4n) is 1.70. The average molecular weight is 266 g/mol. The van der Waals surface area contributed by atoms with Crippen LogP contribution in [0.25, 0.3) is 0 Å². The van der Waals surface area contributed by atoms with Gasteiger partial charge >= 0.3 is 5.97 Å². The van der Waals surface area contributed by atoms with E-state index in [4.69, 9.17) is 24.4 Å². The number of aliphatic hydroxyl groups excluding tert-OH is 3. The number of ether oxygens (including phenoxy) is 3. The number of aliphatic hydroxyl groups is 3. The molecule has 0 unspecified atom stereocenters. The van der Waals surface area contributed by atoms with Gasteiger partial charge in [-0.2, -0.15) is 0 Å². The summed E-state index contributed by atoms with van der Waals surface area (Å²) in [6.45, 7) is 0.766. The Labute approximate surface area is 104 Å². The molecule has 0 saturated carbocycles. The van der Waals surface area contributed by atoms with Crippen LogP contribution in [-0.4, -0.2) is 76.9 Å². The van der Waals surface area contributed by atoms with Crippen molar-refractivity contribution in [3.8, 4) is 0 Å². The van der Waals surface area contributed by atoms with Crippen molar-refractivity contribution >= 4 is 5.97 Å². The highest BCUT2D eigenvalue weighted by Crippen LogP contribution is 2.24. The lowest BCUT2D eigenvalue weighted by molar-refractivity contribution is -0.305. The van der Waals surface area contributed by atoms with Gasteiger partial charge in [-0.05, 0) is 6.92 Å². The van der Waals surface area contributed by atoms with E-state index < -0.39 is 49.4 Å². The van der Waals surface area contributed by atoms with Gasteiger partial charge in [0.25, 0.3) is 0 Å². The molecule has 8 nitrogen and oxygen atoms in total. The number of aliphatic carboxylic acids is 1. The fourth-order valence-corrected chi connectivity index (χ4v) is 1.70. The Morgan fingerprint density at radius 2 is 2.00 bits per heavy atom. The summed E-state index contributed by atoms with van der Waals surface area (Å²) in [6, 6.07) is 0. The predicted molar refractivity (Wildman–Crippen MR) is 56.7 cm³/mol. The molecular formula is C10H18O8. The lowest BCUT2D eigenvalue weighted by Crippen LogP contribution is -2.60. The Bertz CT molecular complexity index is 267. The molecule has 0 aromatic rings. The Kier molecular flexibility index (Phi) is 5.45. The number of carbonyl (C=O) groups is 1. The summed E-state index contributed by atoms with van der Waals surface area (Å²) in [5.74, 6) is -1.23. The van der Waals surface area contributed by atoms with Crippen LogP contribution in [0.5, 0.6) is 0 Å². The molecule has 18 heavy (non-hydrogen) atoms. The molecule has 106 valence electrons. The summed E-state index contributed by atoms with van der Waals surface area (Å²) in [6.07, 6.45) is -7.24. The molecule has 1 rings (SSSR count). The first-order chi connectivity index (χ1) is 8.42. The number of hydrogen-bond donors (Lipinski definition) is 4. The summed E-state index contributed by atoms with van der Waals surface area (Å²) in [5, 5.41) is 37.4. The average Bonchev–Trinajstić information content (AvgIpc) is 2.34. The van der Waals surface area contributed by atoms with Gasteiger partial charge in [0.2, 0.25) is 0 Å². The number of carboxylic acids is 1. The van der Waals surface area contributed by atoms with Crippen molar-refractivity contribution in [2.45, 2.75) is 43.7 Å². The molecule has 4 N–H and O–H groups in total. The number of methoxy groups -OCH3 is 1. The second-order valence-electron chi connectivity index (χ2n) is 4.02. The summed E-state index contributed by atoms with van der Waals surface area (Å²) in [7, 11) is 1.28. The van der Waals surface area contributed by atoms with E-state index in [1.807, 2.05) is 0 Å². The van der Waals surface area contributed by atoms with Crippen LogP contribution >= 0.6 is 0 Å². The first-order valence-electron chi connectivity index (χ1n) is 5.45. The largest absolute Gasteiger partial charge is 0.479 e. The first kappa shape index (κ1) is 15.3. The van der Waals surface area contributed by atoms with Crippen molar-refractivity contribution in [2.24, 2.45) is 0 Å². The van der Waals surface area contributed by atoms with Crippen molar-refractivity contribution in [1.82, 2.24) is 0 Å². The predicted octanol–water partition coefficient (Wildman–Crippen LogP) is -2.07. The third kappa shape index (κ3) is 3.16. The van der Waals surface area contributed by atoms with E-state index in [0.717, 1.165) is 0 Å². The molecular weight excluding hydrogens is 248 g/mol. The van der Waals surface area contributed by atoms with Crippen molar-refractivity contribution in [3.63, 3.8) is 0 Å². The SMILES string of the molecule is CO[C@H]1O[C@H](CO)[C@@H](O)[C@H](O[C@H](C)C(=O)O)[C@@H]1O. The van der Waals surface area contributed by atoms with E-state index >= 15 is 0 Å². The second kappa shape index (κ2) is 6.41. The summed E-state index contributed by atoms with van der Waals surface area (Å²) in [5.41, 5.74) is 0. The molecule has 6 atom stereocenters. The molecule has 1 aliphatic heterocycles. The van der Waals surface area contributed by atoms with Crippen LogP contribution < -0.4 is 0 Å². The third-order valence-electron chi connectivity index (χ3n) is 2.76. The zero-order chi connectivity index (χ0) is 13.9. The van der Waals surface area contributed by atoms with Gasteiger partial charge < -0.3 is 34.6 Å². The van der Waals surface area contributed by atoms with E-state index in [2.05, 4.69) is 0 Å². The third-order valence-corrected chi connectivity index (χ3v) is 2.76. The summed E-state index contributed by atoms with van der Waals surface area (Å²) in [4.78, 5) is 10.7. The number of hydrogen-bond acceptors (Lipinski definition) is 7. The van der Waals surface area contributed by atoms with E-state index in [1.54, 1.807) is 0 Å². The van der Waals surface area contributed by atoms with E-state index in [-0.39, 0.29) is 0 Å². The minimum atomic E-state index is -1.35. The van der Waals surface area contributed by atoms with E-state index in [0.29, 0.717) is 0 Å². The lowest BCUT2D eigenvalue weighted by Gasteiger charge is -2.41. The maximum Gasteiger partial charge on any atom is 0.332 e. The van der Waals surface area contributed by atoms with Gasteiger partial charge in [-0.1, -0.05) is 0 Å². The van der Waals surface area contributed by atoms with Crippen molar-refractivity contribution in [1.29, 1.82) is 0 Å². The van der Waals surface area contributed by atoms with Crippen LogP contribution in [0.2, 0.25) is 0 Å². The molecule has 1 fully saturated rings. The van der Waals surface area contributed by atoms with Gasteiger partial charge in [-0.25, -0.2) is 4.79 Å². The zero-order valence-corrected chi connectivity index (χ0v) is 10.1. The first-order valence-corrected chi connectivity index (χ1v) is 5.45. The van der Waals surface area contributed by atoms with Crippen LogP contribution in [0.3, 0.4) is 0 Å². The summed E-state index contributed by atoms with van der Waals surface area (Å²) >= 11 is 0. The van der Waals surface area contributed by atoms with E-state index in [9.17, 15) is 15.0 Å². The normalized spacial score (nSPS) is 38.4. The maximum atomic E-state index is 10.7. The van der Waals surface area contributed by atoms with Gasteiger partial charge in [0.1, 0.15) is 24.4 Å². The smallest absolute Gasteiger partial charge is 0.332 e. The maximum absolute atomic E-state index is 10.7. The molecule has 1 heterocycles. The Morgan fingerprint density at radius 1 is 1.39 bits per heavy atom. The standard InChI is InChI=1S/C10H18O8/c1-4(9(14)15)17-8-6(12)5(3-11)18-10(16-2)7(8)13/h4-8,10-13H,3H2,1-2H3,(H,14,15)/t4-,5-,6-,7+,8+,10+/m1/s1. The topological polar surface area (TPSA) is 126 Å². The van der Waals surface area contributed by atoms with Crippen molar-refractivity contribution < 1.29 is 39.4 Å². The molecule has 0 spiro atoms. The molecule has 1 saturated heterocycles. The molecule has 0 bridgehead atoms. The Balaban J connectivity index is 2.79. The lowest BCUT2D eigenvalue weighted by atomic mass is 9.99. The quantitative estimate of drug-likeness (QED) is 0.447. The second-order valence-corrected chi connectivity index (χ2v) is 4.02. The molecule has 0 amide bonds. The van der Waals surface area contributed by atoms with E-state index in [1.165, 1.54) is 14.0 Å². The molecule has 1 aliphatic rings. The van der Waals surface area contributed by atoms with Gasteiger partial charge in [0.15, 0.2) is 12.4 Å². The fraction of sp³-hybridized carbons (Fsp3) is 0.900. The highest BCUT2D eigenvalue weighted by molar-refractivity contribution is 5.71. The molecule has 0 aromatic carbocycles. The monoisotopic (exact) mass is 266 g/mol. The van der Waals surface area contributed by atoms with Crippen molar-refractivity contribution in [3.05, 3.63) is 0 Å². The van der Waals surface area contributed by atoms with Crippen LogP contribution in [-0.2, 0) is 19.0 Å². The van der Waals surface area contributed by atoms with Crippen LogP contribution in [0, 0.1) is 0 Å². The van der Waals surface area contributed by atoms with Crippen LogP contribution in [0.1, 0.15) is 6.92 Å². The number of carboxylic acid groups (broad SMARTS) is 1. The molecule has 0 aliphatic carbocycles. The molecule has 0 aromatic heterocycles.